The number of benzene rings is 1. The van der Waals surface area contributed by atoms with Crippen LogP contribution in [0, 0.1) is 11.8 Å². The van der Waals surface area contributed by atoms with E-state index in [0.717, 1.165) is 12.0 Å². The molecule has 0 aliphatic carbocycles. The van der Waals surface area contributed by atoms with E-state index in [4.69, 9.17) is 0 Å². The maximum atomic E-state index is 13.9. The van der Waals surface area contributed by atoms with Crippen molar-refractivity contribution in [3.8, 4) is 0 Å². The van der Waals surface area contributed by atoms with Gasteiger partial charge in [-0.3, -0.25) is 28.8 Å². The van der Waals surface area contributed by atoms with Gasteiger partial charge in [0.05, 0.1) is 31.2 Å². The van der Waals surface area contributed by atoms with E-state index >= 15 is 0 Å². The Balaban J connectivity index is 1.83. The van der Waals surface area contributed by atoms with Crippen LogP contribution in [-0.2, 0) is 35.2 Å². The average molecular weight is 750 g/mol. The number of nitrogens with one attached hydrogen (secondary N) is 7. The quantitative estimate of drug-likeness (QED) is 0.155. The number of carbonyl (C=O) groups is 6. The van der Waals surface area contributed by atoms with Gasteiger partial charge < -0.3 is 42.3 Å². The predicted molar refractivity (Wildman–Crippen MR) is 199 cm³/mol. The molecule has 16 heteroatoms. The molecule has 6 atom stereocenters. The molecule has 2 aliphatic heterocycles. The molecular formula is C35H55N7O7S2. The Hall–Kier alpha value is -3.34. The molecule has 6 amide bonds. The summed E-state index contributed by atoms with van der Waals surface area (Å²) in [4.78, 5) is 79.4. The average Bonchev–Trinajstić information content (AvgIpc) is 3.62. The number of hydrogen-bond donors (Lipinski definition) is 8. The SMILES string of the molecule is CC(C)C[C@@H]1NC(=O)C[C@H](O)[C@H](CC(C)C)NC(=O)[C@@H](NC(=O)[C@H](Cc2ccccc2)NC(=O)[C@@H]2CCCN2)CSSCCNC(=O)CNC1=O. The van der Waals surface area contributed by atoms with E-state index in [-0.39, 0.29) is 42.9 Å². The summed E-state index contributed by atoms with van der Waals surface area (Å²) in [5, 5.41) is 31.0. The van der Waals surface area contributed by atoms with E-state index in [0.29, 0.717) is 38.1 Å². The van der Waals surface area contributed by atoms with Crippen LogP contribution in [0.3, 0.4) is 0 Å². The fraction of sp³-hybridized carbons (Fsp3) is 0.657. The number of amides is 6. The topological polar surface area (TPSA) is 207 Å². The Labute approximate surface area is 308 Å². The molecule has 0 aromatic heterocycles. The van der Waals surface area contributed by atoms with Gasteiger partial charge in [0.2, 0.25) is 35.4 Å². The van der Waals surface area contributed by atoms with Crippen LogP contribution in [0.5, 0.6) is 0 Å². The minimum absolute atomic E-state index is 0.0340. The number of rotatable bonds is 10. The number of hydrogen-bond acceptors (Lipinski definition) is 10. The Bertz CT molecular complexity index is 1310. The fourth-order valence-electron chi connectivity index (χ4n) is 5.85. The molecule has 0 unspecified atom stereocenters. The van der Waals surface area contributed by atoms with Crippen LogP contribution < -0.4 is 37.2 Å². The molecule has 8 N–H and O–H groups in total. The van der Waals surface area contributed by atoms with Crippen LogP contribution in [0.15, 0.2) is 30.3 Å². The van der Waals surface area contributed by atoms with Gasteiger partial charge in [0, 0.05) is 24.5 Å². The molecular weight excluding hydrogens is 695 g/mol. The third-order valence-corrected chi connectivity index (χ3v) is 10.9. The minimum atomic E-state index is -1.30. The van der Waals surface area contributed by atoms with Crippen molar-refractivity contribution < 1.29 is 33.9 Å². The van der Waals surface area contributed by atoms with Crippen LogP contribution in [-0.4, -0.2) is 108 Å². The minimum Gasteiger partial charge on any atom is -0.390 e. The van der Waals surface area contributed by atoms with Gasteiger partial charge in [-0.2, -0.15) is 0 Å². The predicted octanol–water partition coefficient (Wildman–Crippen LogP) is 0.391. The first-order chi connectivity index (χ1) is 24.3. The van der Waals surface area contributed by atoms with Crippen molar-refractivity contribution in [3.63, 3.8) is 0 Å². The molecule has 284 valence electrons. The zero-order valence-corrected chi connectivity index (χ0v) is 31.6. The molecule has 2 fully saturated rings. The van der Waals surface area contributed by atoms with Crippen molar-refractivity contribution in [2.75, 3.05) is 31.1 Å². The van der Waals surface area contributed by atoms with Gasteiger partial charge in [0.1, 0.15) is 18.1 Å². The molecule has 0 saturated carbocycles. The Kier molecular flexibility index (Phi) is 18.1. The molecule has 14 nitrogen and oxygen atoms in total. The van der Waals surface area contributed by atoms with Gasteiger partial charge >= 0.3 is 0 Å². The summed E-state index contributed by atoms with van der Waals surface area (Å²) < 4.78 is 0. The van der Waals surface area contributed by atoms with Crippen molar-refractivity contribution in [1.82, 2.24) is 37.2 Å². The summed E-state index contributed by atoms with van der Waals surface area (Å²) in [7, 11) is 2.72. The number of carbonyl (C=O) groups excluding carboxylic acids is 6. The van der Waals surface area contributed by atoms with Crippen molar-refractivity contribution in [2.24, 2.45) is 11.8 Å². The van der Waals surface area contributed by atoms with Crippen LogP contribution in [0.1, 0.15) is 65.4 Å². The third kappa shape index (κ3) is 15.4. The van der Waals surface area contributed by atoms with Crippen molar-refractivity contribution >= 4 is 57.0 Å². The van der Waals surface area contributed by atoms with Gasteiger partial charge in [-0.1, -0.05) is 79.6 Å². The summed E-state index contributed by atoms with van der Waals surface area (Å²) in [6.07, 6.45) is 0.699. The lowest BCUT2D eigenvalue weighted by Gasteiger charge is -2.29. The highest BCUT2D eigenvalue weighted by Gasteiger charge is 2.33. The molecule has 2 aliphatic rings. The lowest BCUT2D eigenvalue weighted by Crippen LogP contribution is -2.58. The van der Waals surface area contributed by atoms with Gasteiger partial charge in [-0.25, -0.2) is 0 Å². The molecule has 2 heterocycles. The smallest absolute Gasteiger partial charge is 0.243 e. The highest BCUT2D eigenvalue weighted by Crippen LogP contribution is 2.22. The van der Waals surface area contributed by atoms with E-state index in [2.05, 4.69) is 37.2 Å². The second-order valence-corrected chi connectivity index (χ2v) is 16.5. The second-order valence-electron chi connectivity index (χ2n) is 13.9. The second kappa shape index (κ2) is 21.9. The number of aliphatic hydroxyl groups is 1. The molecule has 0 bridgehead atoms. The van der Waals surface area contributed by atoms with Gasteiger partial charge in [0.25, 0.3) is 0 Å². The zero-order chi connectivity index (χ0) is 37.3. The molecule has 2 saturated heterocycles. The van der Waals surface area contributed by atoms with Crippen molar-refractivity contribution in [1.29, 1.82) is 0 Å². The summed E-state index contributed by atoms with van der Waals surface area (Å²) in [6, 6.07) is 5.10. The van der Waals surface area contributed by atoms with E-state index < -0.39 is 65.8 Å². The molecule has 1 aromatic rings. The normalized spacial score (nSPS) is 25.4. The van der Waals surface area contributed by atoms with Crippen molar-refractivity contribution in [2.45, 2.75) is 103 Å². The lowest BCUT2D eigenvalue weighted by atomic mass is 9.96. The van der Waals surface area contributed by atoms with Crippen molar-refractivity contribution in [3.05, 3.63) is 35.9 Å². The van der Waals surface area contributed by atoms with E-state index in [1.807, 2.05) is 58.0 Å². The van der Waals surface area contributed by atoms with Crippen LogP contribution in [0.2, 0.25) is 0 Å². The lowest BCUT2D eigenvalue weighted by molar-refractivity contribution is -0.133. The third-order valence-electron chi connectivity index (χ3n) is 8.44. The van der Waals surface area contributed by atoms with Crippen LogP contribution in [0.4, 0.5) is 0 Å². The Morgan fingerprint density at radius 2 is 1.63 bits per heavy atom. The highest BCUT2D eigenvalue weighted by atomic mass is 33.1. The summed E-state index contributed by atoms with van der Waals surface area (Å²) in [5.74, 6) is -2.13. The first kappa shape index (κ1) is 42.1. The monoisotopic (exact) mass is 749 g/mol. The van der Waals surface area contributed by atoms with Gasteiger partial charge in [0.15, 0.2) is 0 Å². The molecule has 51 heavy (non-hydrogen) atoms. The fourth-order valence-corrected chi connectivity index (χ4v) is 7.92. The summed E-state index contributed by atoms with van der Waals surface area (Å²) >= 11 is 0. The number of aliphatic hydroxyl groups excluding tert-OH is 1. The van der Waals surface area contributed by atoms with Crippen LogP contribution in [0.25, 0.3) is 0 Å². The first-order valence-electron chi connectivity index (χ1n) is 17.8. The Morgan fingerprint density at radius 3 is 2.29 bits per heavy atom. The maximum Gasteiger partial charge on any atom is 0.243 e. The molecule has 0 radical (unpaired) electrons. The van der Waals surface area contributed by atoms with E-state index in [9.17, 15) is 33.9 Å². The van der Waals surface area contributed by atoms with Gasteiger partial charge in [-0.05, 0) is 49.6 Å². The van der Waals surface area contributed by atoms with E-state index in [1.54, 1.807) is 0 Å². The molecule has 1 aromatic carbocycles. The van der Waals surface area contributed by atoms with Crippen LogP contribution >= 0.6 is 21.6 Å². The highest BCUT2D eigenvalue weighted by molar-refractivity contribution is 8.76. The van der Waals surface area contributed by atoms with E-state index in [1.165, 1.54) is 21.6 Å². The summed E-state index contributed by atoms with van der Waals surface area (Å²) in [6.45, 7) is 8.40. The Morgan fingerprint density at radius 1 is 0.902 bits per heavy atom. The molecule has 0 spiro atoms. The standard InChI is InChI=1S/C35H55N7O7S2/c1-21(2)15-25-29(43)18-30(44)39-26(16-22(3)4)32(46)38-19-31(45)37-13-14-50-51-20-28(35(49)40-25)42-34(48)27(17-23-9-6-5-7-10-23)41-33(47)24-11-8-12-36-24/h5-7,9-10,21-22,24-29,36,43H,8,11-20H2,1-4H3,(H,37,45)(H,38,46)(H,39,44)(H,40,49)(H,41,47)(H,42,48)/t24-,25-,26-,27-,28-,29-/m0/s1. The van der Waals surface area contributed by atoms with Gasteiger partial charge in [-0.15, -0.1) is 0 Å². The first-order valence-corrected chi connectivity index (χ1v) is 20.3. The zero-order valence-electron chi connectivity index (χ0n) is 30.0. The largest absolute Gasteiger partial charge is 0.390 e. The maximum absolute atomic E-state index is 13.9. The molecule has 3 rings (SSSR count). The summed E-state index contributed by atoms with van der Waals surface area (Å²) in [5.41, 5.74) is 0.834.